The average Bonchev–Trinajstić information content (AvgIpc) is 3.37. The number of aromatic nitrogens is 2. The van der Waals surface area contributed by atoms with Crippen LogP contribution in [0.5, 0.6) is 0 Å². The molecular weight excluding hydrogens is 382 g/mol. The van der Waals surface area contributed by atoms with Gasteiger partial charge in [-0.25, -0.2) is 4.98 Å². The zero-order valence-corrected chi connectivity index (χ0v) is 17.2. The summed E-state index contributed by atoms with van der Waals surface area (Å²) in [6.07, 6.45) is 2.27. The van der Waals surface area contributed by atoms with Crippen molar-refractivity contribution < 1.29 is 5.11 Å². The standard InChI is InChI=1S/C22H25N5OS/c1-23-22(24-11-6-12-27-15-26-17-8-3-4-9-18(17)27)25-14-19(28)21-13-16-7-2-5-10-20(16)29-21/h2-5,7-10,13,15,19,28H,6,11-12,14H2,1H3,(H2,23,24,25). The molecule has 2 aromatic carbocycles. The molecule has 2 heterocycles. The van der Waals surface area contributed by atoms with Crippen LogP contribution >= 0.6 is 11.3 Å². The van der Waals surface area contributed by atoms with Crippen LogP contribution in [0.15, 0.2) is 65.9 Å². The number of aliphatic imine (C=N–C) groups is 1. The minimum absolute atomic E-state index is 0.415. The molecule has 1 unspecified atom stereocenters. The van der Waals surface area contributed by atoms with E-state index in [4.69, 9.17) is 0 Å². The highest BCUT2D eigenvalue weighted by atomic mass is 32.1. The summed E-state index contributed by atoms with van der Waals surface area (Å²) in [6, 6.07) is 18.4. The molecule has 0 aliphatic rings. The minimum atomic E-state index is -0.566. The van der Waals surface area contributed by atoms with E-state index in [-0.39, 0.29) is 0 Å². The van der Waals surface area contributed by atoms with Crippen molar-refractivity contribution in [2.24, 2.45) is 4.99 Å². The second-order valence-electron chi connectivity index (χ2n) is 6.86. The lowest BCUT2D eigenvalue weighted by Crippen LogP contribution is -2.39. The first kappa shape index (κ1) is 19.4. The van der Waals surface area contributed by atoms with Crippen LogP contribution in [0.2, 0.25) is 0 Å². The fraction of sp³-hybridized carbons (Fsp3) is 0.273. The van der Waals surface area contributed by atoms with E-state index in [1.807, 2.05) is 36.7 Å². The SMILES string of the molecule is CN=C(NCCCn1cnc2ccccc21)NCC(O)c1cc2ccccc2s1. The molecule has 2 aromatic heterocycles. The third-order valence-electron chi connectivity index (χ3n) is 4.86. The maximum atomic E-state index is 10.5. The molecule has 0 fully saturated rings. The average molecular weight is 408 g/mol. The zero-order chi connectivity index (χ0) is 20.1. The first-order valence-electron chi connectivity index (χ1n) is 9.75. The van der Waals surface area contributed by atoms with Crippen LogP contribution < -0.4 is 10.6 Å². The topological polar surface area (TPSA) is 74.5 Å². The molecule has 0 aliphatic carbocycles. The van der Waals surface area contributed by atoms with Gasteiger partial charge in [0.1, 0.15) is 6.10 Å². The Kier molecular flexibility index (Phi) is 6.07. The van der Waals surface area contributed by atoms with E-state index in [0.717, 1.165) is 35.4 Å². The molecule has 1 atom stereocenters. The predicted octanol–water partition coefficient (Wildman–Crippen LogP) is 3.54. The molecule has 0 spiro atoms. The Morgan fingerprint density at radius 1 is 1.17 bits per heavy atom. The molecule has 0 saturated heterocycles. The molecule has 7 heteroatoms. The molecule has 4 aromatic rings. The van der Waals surface area contributed by atoms with Gasteiger partial charge in [-0.3, -0.25) is 4.99 Å². The number of thiophene rings is 1. The van der Waals surface area contributed by atoms with Crippen molar-refractivity contribution in [3.63, 3.8) is 0 Å². The smallest absolute Gasteiger partial charge is 0.191 e. The van der Waals surface area contributed by atoms with Gasteiger partial charge in [0.2, 0.25) is 0 Å². The first-order valence-corrected chi connectivity index (χ1v) is 10.6. The maximum Gasteiger partial charge on any atom is 0.191 e. The second kappa shape index (κ2) is 9.07. The van der Waals surface area contributed by atoms with E-state index in [1.54, 1.807) is 18.4 Å². The Balaban J connectivity index is 1.24. The molecule has 0 saturated carbocycles. The van der Waals surface area contributed by atoms with Crippen LogP contribution in [0, 0.1) is 0 Å². The number of nitrogens with one attached hydrogen (secondary N) is 2. The van der Waals surface area contributed by atoms with Crippen molar-refractivity contribution in [3.8, 4) is 0 Å². The fourth-order valence-electron chi connectivity index (χ4n) is 3.33. The van der Waals surface area contributed by atoms with Gasteiger partial charge in [-0.1, -0.05) is 30.3 Å². The highest BCUT2D eigenvalue weighted by Gasteiger charge is 2.12. The molecule has 29 heavy (non-hydrogen) atoms. The predicted molar refractivity (Wildman–Crippen MR) is 120 cm³/mol. The molecule has 0 aliphatic heterocycles. The van der Waals surface area contributed by atoms with Crippen LogP contribution in [-0.2, 0) is 6.54 Å². The molecule has 0 radical (unpaired) electrons. The fourth-order valence-corrected chi connectivity index (χ4v) is 4.38. The number of fused-ring (bicyclic) bond motifs is 2. The summed E-state index contributed by atoms with van der Waals surface area (Å²) in [5.74, 6) is 0.695. The van der Waals surface area contributed by atoms with E-state index in [2.05, 4.69) is 49.4 Å². The molecule has 4 rings (SSSR count). The third-order valence-corrected chi connectivity index (χ3v) is 6.07. The van der Waals surface area contributed by atoms with Crippen molar-refractivity contribution in [1.82, 2.24) is 20.2 Å². The summed E-state index contributed by atoms with van der Waals surface area (Å²) in [6.45, 7) is 2.08. The molecular formula is C22H25N5OS. The van der Waals surface area contributed by atoms with Gasteiger partial charge in [-0.2, -0.15) is 0 Å². The van der Waals surface area contributed by atoms with Gasteiger partial charge in [-0.15, -0.1) is 11.3 Å². The first-order chi connectivity index (χ1) is 14.2. The van der Waals surface area contributed by atoms with Crippen LogP contribution in [-0.4, -0.2) is 40.8 Å². The monoisotopic (exact) mass is 407 g/mol. The lowest BCUT2D eigenvalue weighted by molar-refractivity contribution is 0.184. The van der Waals surface area contributed by atoms with Crippen molar-refractivity contribution in [1.29, 1.82) is 0 Å². The van der Waals surface area contributed by atoms with Crippen LogP contribution in [0.3, 0.4) is 0 Å². The van der Waals surface area contributed by atoms with Crippen LogP contribution in [0.25, 0.3) is 21.1 Å². The number of benzene rings is 2. The number of hydrogen-bond donors (Lipinski definition) is 3. The number of aliphatic hydroxyl groups excluding tert-OH is 1. The lowest BCUT2D eigenvalue weighted by Gasteiger charge is -2.14. The molecule has 6 nitrogen and oxygen atoms in total. The summed E-state index contributed by atoms with van der Waals surface area (Å²) >= 11 is 1.63. The highest BCUT2D eigenvalue weighted by Crippen LogP contribution is 2.29. The van der Waals surface area contributed by atoms with Gasteiger partial charge in [0.25, 0.3) is 0 Å². The number of nitrogens with zero attached hydrogens (tertiary/aromatic N) is 3. The Bertz CT molecular complexity index is 1080. The number of hydrogen-bond acceptors (Lipinski definition) is 4. The van der Waals surface area contributed by atoms with Gasteiger partial charge < -0.3 is 20.3 Å². The summed E-state index contributed by atoms with van der Waals surface area (Å²) in [4.78, 5) is 9.63. The van der Waals surface area contributed by atoms with Gasteiger partial charge in [-0.05, 0) is 36.1 Å². The third kappa shape index (κ3) is 4.58. The lowest BCUT2D eigenvalue weighted by atomic mass is 10.2. The quantitative estimate of drug-likeness (QED) is 0.249. The number of rotatable bonds is 7. The van der Waals surface area contributed by atoms with E-state index < -0.39 is 6.10 Å². The molecule has 3 N–H and O–H groups in total. The van der Waals surface area contributed by atoms with Crippen LogP contribution in [0.1, 0.15) is 17.4 Å². The van der Waals surface area contributed by atoms with Crippen molar-refractivity contribution in [2.45, 2.75) is 19.1 Å². The van der Waals surface area contributed by atoms with Crippen LogP contribution in [0.4, 0.5) is 0 Å². The van der Waals surface area contributed by atoms with Crippen molar-refractivity contribution in [2.75, 3.05) is 20.1 Å². The summed E-state index contributed by atoms with van der Waals surface area (Å²) in [5.41, 5.74) is 2.18. The van der Waals surface area contributed by atoms with E-state index in [0.29, 0.717) is 12.5 Å². The Hall–Kier alpha value is -2.90. The largest absolute Gasteiger partial charge is 0.386 e. The zero-order valence-electron chi connectivity index (χ0n) is 16.4. The van der Waals surface area contributed by atoms with E-state index in [1.165, 1.54) is 10.1 Å². The van der Waals surface area contributed by atoms with Crippen molar-refractivity contribution in [3.05, 3.63) is 65.8 Å². The maximum absolute atomic E-state index is 10.5. The summed E-state index contributed by atoms with van der Waals surface area (Å²) in [7, 11) is 1.74. The second-order valence-corrected chi connectivity index (χ2v) is 7.98. The van der Waals surface area contributed by atoms with Gasteiger partial charge in [0.05, 0.1) is 17.4 Å². The highest BCUT2D eigenvalue weighted by molar-refractivity contribution is 7.19. The summed E-state index contributed by atoms with van der Waals surface area (Å²) < 4.78 is 3.36. The number of para-hydroxylation sites is 2. The van der Waals surface area contributed by atoms with Gasteiger partial charge in [0, 0.05) is 36.3 Å². The van der Waals surface area contributed by atoms with Crippen molar-refractivity contribution >= 4 is 38.4 Å². The van der Waals surface area contributed by atoms with Gasteiger partial charge >= 0.3 is 0 Å². The normalized spacial score (nSPS) is 13.1. The Labute approximate surface area is 173 Å². The minimum Gasteiger partial charge on any atom is -0.386 e. The number of guanidine groups is 1. The van der Waals surface area contributed by atoms with E-state index >= 15 is 0 Å². The Morgan fingerprint density at radius 2 is 2.00 bits per heavy atom. The number of imidazole rings is 1. The van der Waals surface area contributed by atoms with Gasteiger partial charge in [0.15, 0.2) is 5.96 Å². The molecule has 150 valence electrons. The molecule has 0 bridgehead atoms. The summed E-state index contributed by atoms with van der Waals surface area (Å²) in [5, 5.41) is 18.2. The Morgan fingerprint density at radius 3 is 2.86 bits per heavy atom. The number of aliphatic hydroxyl groups is 1. The van der Waals surface area contributed by atoms with E-state index in [9.17, 15) is 5.11 Å². The number of aryl methyl sites for hydroxylation is 1. The molecule has 0 amide bonds.